The van der Waals surface area contributed by atoms with Crippen molar-refractivity contribution in [1.82, 2.24) is 15.2 Å². The van der Waals surface area contributed by atoms with Gasteiger partial charge in [0, 0.05) is 24.7 Å². The van der Waals surface area contributed by atoms with E-state index >= 15 is 0 Å². The highest BCUT2D eigenvalue weighted by molar-refractivity contribution is 7.20. The molecule has 0 unspecified atom stereocenters. The van der Waals surface area contributed by atoms with Crippen molar-refractivity contribution in [2.75, 3.05) is 19.6 Å². The number of rotatable bonds is 6. The van der Waals surface area contributed by atoms with Crippen molar-refractivity contribution in [3.63, 3.8) is 0 Å². The number of hydrogen-bond acceptors (Lipinski definition) is 4. The molecule has 140 valence electrons. The lowest BCUT2D eigenvalue weighted by Gasteiger charge is -2.26. The van der Waals surface area contributed by atoms with E-state index in [4.69, 9.17) is 0 Å². The van der Waals surface area contributed by atoms with Gasteiger partial charge < -0.3 is 10.2 Å². The minimum atomic E-state index is -0.0350. The van der Waals surface area contributed by atoms with E-state index in [1.54, 1.807) is 6.20 Å². The molecule has 1 aromatic carbocycles. The smallest absolute Gasteiger partial charge is 0.261 e. The van der Waals surface area contributed by atoms with Gasteiger partial charge in [-0.3, -0.25) is 4.79 Å². The van der Waals surface area contributed by atoms with E-state index < -0.39 is 0 Å². The molecule has 1 aliphatic heterocycles. The third-order valence-corrected chi connectivity index (χ3v) is 6.22. The number of amides is 1. The van der Waals surface area contributed by atoms with Crippen LogP contribution >= 0.6 is 11.3 Å². The molecule has 3 aromatic rings. The van der Waals surface area contributed by atoms with Gasteiger partial charge in [0.15, 0.2) is 0 Å². The number of pyridine rings is 1. The van der Waals surface area contributed by atoms with Crippen LogP contribution < -0.4 is 5.32 Å². The largest absolute Gasteiger partial charge is 0.347 e. The van der Waals surface area contributed by atoms with E-state index in [9.17, 15) is 4.79 Å². The van der Waals surface area contributed by atoms with Crippen LogP contribution in [0, 0.1) is 0 Å². The van der Waals surface area contributed by atoms with Crippen molar-refractivity contribution in [2.24, 2.45) is 0 Å². The molecule has 1 fully saturated rings. The lowest BCUT2D eigenvalue weighted by atomic mass is 10.1. The quantitative estimate of drug-likeness (QED) is 0.696. The Bertz CT molecular complexity index is 864. The summed E-state index contributed by atoms with van der Waals surface area (Å²) in [6.45, 7) is 4.19. The summed E-state index contributed by atoms with van der Waals surface area (Å²) in [6, 6.07) is 14.4. The average molecular weight is 380 g/mol. The van der Waals surface area contributed by atoms with Gasteiger partial charge in [-0.2, -0.15) is 0 Å². The van der Waals surface area contributed by atoms with Crippen LogP contribution in [-0.2, 0) is 13.0 Å². The lowest BCUT2D eigenvalue weighted by molar-refractivity contribution is 0.0955. The summed E-state index contributed by atoms with van der Waals surface area (Å²) in [4.78, 5) is 20.9. The first kappa shape index (κ1) is 18.1. The standard InChI is InChI=1S/C22H25N3OS/c26-21(20-15-19-5-4-11-23-22(19)27-20)24-16-18-8-6-17(7-9-18)10-14-25-12-2-1-3-13-25/h4-9,11,15H,1-3,10,12-14,16H2,(H,24,26). The fourth-order valence-electron chi connectivity index (χ4n) is 3.55. The van der Waals surface area contributed by atoms with Crippen LogP contribution in [0.1, 0.15) is 40.1 Å². The molecule has 0 bridgehead atoms. The predicted molar refractivity (Wildman–Crippen MR) is 111 cm³/mol. The maximum atomic E-state index is 12.4. The number of aromatic nitrogens is 1. The van der Waals surface area contributed by atoms with Crippen LogP contribution in [0.4, 0.5) is 0 Å². The minimum absolute atomic E-state index is 0.0350. The Morgan fingerprint density at radius 3 is 2.63 bits per heavy atom. The number of nitrogens with one attached hydrogen (secondary N) is 1. The molecule has 0 saturated carbocycles. The second-order valence-corrected chi connectivity index (χ2v) is 8.19. The fraction of sp³-hybridized carbons (Fsp3) is 0.364. The van der Waals surface area contributed by atoms with Gasteiger partial charge in [0.2, 0.25) is 0 Å². The number of fused-ring (bicyclic) bond motifs is 1. The summed E-state index contributed by atoms with van der Waals surface area (Å²) in [5.41, 5.74) is 2.50. The zero-order valence-corrected chi connectivity index (χ0v) is 16.3. The number of likely N-dealkylation sites (tertiary alicyclic amines) is 1. The van der Waals surface area contributed by atoms with E-state index in [2.05, 4.69) is 39.5 Å². The predicted octanol–water partition coefficient (Wildman–Crippen LogP) is 4.25. The number of carbonyl (C=O) groups excluding carboxylic acids is 1. The zero-order chi connectivity index (χ0) is 18.5. The Labute approximate surface area is 164 Å². The molecule has 1 saturated heterocycles. The molecule has 4 rings (SSSR count). The summed E-state index contributed by atoms with van der Waals surface area (Å²) in [5.74, 6) is -0.0350. The first-order valence-electron chi connectivity index (χ1n) is 9.71. The number of hydrogen-bond donors (Lipinski definition) is 1. The van der Waals surface area contributed by atoms with Gasteiger partial charge in [-0.1, -0.05) is 36.8 Å². The SMILES string of the molecule is O=C(NCc1ccc(CCN2CCCCC2)cc1)c1cc2cccnc2s1. The van der Waals surface area contributed by atoms with Gasteiger partial charge in [0.25, 0.3) is 5.91 Å². The molecule has 5 heteroatoms. The molecule has 1 amide bonds. The van der Waals surface area contributed by atoms with Gasteiger partial charge >= 0.3 is 0 Å². The normalized spacial score (nSPS) is 15.1. The van der Waals surface area contributed by atoms with Crippen LogP contribution in [0.2, 0.25) is 0 Å². The molecular formula is C22H25N3OS. The molecule has 0 radical (unpaired) electrons. The second-order valence-electron chi connectivity index (χ2n) is 7.16. The first-order chi connectivity index (χ1) is 13.3. The van der Waals surface area contributed by atoms with Crippen molar-refractivity contribution in [3.8, 4) is 0 Å². The van der Waals surface area contributed by atoms with Crippen molar-refractivity contribution in [3.05, 3.63) is 64.7 Å². The summed E-state index contributed by atoms with van der Waals surface area (Å²) in [5, 5.41) is 4.03. The molecule has 3 heterocycles. The number of piperidine rings is 1. The molecule has 0 atom stereocenters. The molecule has 1 aliphatic rings. The van der Waals surface area contributed by atoms with Crippen LogP contribution in [0.5, 0.6) is 0 Å². The Kier molecular flexibility index (Phi) is 5.80. The molecule has 0 spiro atoms. The average Bonchev–Trinajstić information content (AvgIpc) is 3.16. The highest BCUT2D eigenvalue weighted by Gasteiger charge is 2.11. The Hall–Kier alpha value is -2.24. The summed E-state index contributed by atoms with van der Waals surface area (Å²) >= 11 is 1.44. The van der Waals surface area contributed by atoms with E-state index in [1.807, 2.05) is 18.2 Å². The molecular weight excluding hydrogens is 354 g/mol. The Morgan fingerprint density at radius 2 is 1.85 bits per heavy atom. The van der Waals surface area contributed by atoms with Crippen molar-refractivity contribution >= 4 is 27.5 Å². The second kappa shape index (κ2) is 8.63. The van der Waals surface area contributed by atoms with E-state index in [1.165, 1.54) is 49.3 Å². The van der Waals surface area contributed by atoms with Gasteiger partial charge in [0.1, 0.15) is 4.83 Å². The van der Waals surface area contributed by atoms with Crippen LogP contribution in [0.15, 0.2) is 48.7 Å². The third kappa shape index (κ3) is 4.73. The fourth-order valence-corrected chi connectivity index (χ4v) is 4.47. The van der Waals surface area contributed by atoms with Crippen LogP contribution in [-0.4, -0.2) is 35.4 Å². The first-order valence-corrected chi connectivity index (χ1v) is 10.5. The monoisotopic (exact) mass is 379 g/mol. The summed E-state index contributed by atoms with van der Waals surface area (Å²) in [6.07, 6.45) is 6.92. The minimum Gasteiger partial charge on any atom is -0.347 e. The van der Waals surface area contributed by atoms with E-state index in [0.29, 0.717) is 11.4 Å². The maximum absolute atomic E-state index is 12.4. The molecule has 2 aromatic heterocycles. The number of benzene rings is 1. The van der Waals surface area contributed by atoms with Crippen molar-refractivity contribution < 1.29 is 4.79 Å². The number of thiophene rings is 1. The third-order valence-electron chi connectivity index (χ3n) is 5.16. The van der Waals surface area contributed by atoms with Crippen molar-refractivity contribution in [2.45, 2.75) is 32.2 Å². The van der Waals surface area contributed by atoms with Crippen molar-refractivity contribution in [1.29, 1.82) is 0 Å². The molecule has 1 N–H and O–H groups in total. The molecule has 27 heavy (non-hydrogen) atoms. The molecule has 4 nitrogen and oxygen atoms in total. The summed E-state index contributed by atoms with van der Waals surface area (Å²) in [7, 11) is 0. The van der Waals surface area contributed by atoms with Gasteiger partial charge in [-0.25, -0.2) is 4.98 Å². The maximum Gasteiger partial charge on any atom is 0.261 e. The molecule has 0 aliphatic carbocycles. The Morgan fingerprint density at radius 1 is 1.07 bits per heavy atom. The van der Waals surface area contributed by atoms with Crippen LogP contribution in [0.3, 0.4) is 0 Å². The zero-order valence-electron chi connectivity index (χ0n) is 15.5. The van der Waals surface area contributed by atoms with Gasteiger partial charge in [-0.15, -0.1) is 11.3 Å². The van der Waals surface area contributed by atoms with Gasteiger partial charge in [-0.05, 0) is 55.6 Å². The highest BCUT2D eigenvalue weighted by atomic mass is 32.1. The summed E-state index contributed by atoms with van der Waals surface area (Å²) < 4.78 is 0. The topological polar surface area (TPSA) is 45.2 Å². The van der Waals surface area contributed by atoms with E-state index in [-0.39, 0.29) is 5.91 Å². The highest BCUT2D eigenvalue weighted by Crippen LogP contribution is 2.23. The lowest BCUT2D eigenvalue weighted by Crippen LogP contribution is -2.31. The number of carbonyl (C=O) groups is 1. The van der Waals surface area contributed by atoms with Gasteiger partial charge in [0.05, 0.1) is 4.88 Å². The van der Waals surface area contributed by atoms with Crippen LogP contribution in [0.25, 0.3) is 10.2 Å². The Balaban J connectivity index is 1.28. The number of nitrogens with zero attached hydrogens (tertiary/aromatic N) is 2. The van der Waals surface area contributed by atoms with E-state index in [0.717, 1.165) is 28.7 Å².